The molecule has 1 aliphatic carbocycles. The lowest BCUT2D eigenvalue weighted by Crippen LogP contribution is -2.42. The SMILES string of the molecule is CCC(NC(=O)N(Cc1cccnc1)C1CC1)c1nc2ccc(C)cc2[nH]1. The van der Waals surface area contributed by atoms with Gasteiger partial charge in [-0.2, -0.15) is 0 Å². The smallest absolute Gasteiger partial charge is 0.318 e. The molecule has 1 aliphatic rings. The molecule has 0 bridgehead atoms. The summed E-state index contributed by atoms with van der Waals surface area (Å²) in [5.74, 6) is 0.809. The van der Waals surface area contributed by atoms with Crippen LogP contribution in [-0.2, 0) is 6.54 Å². The normalized spacial score (nSPS) is 14.9. The fourth-order valence-electron chi connectivity index (χ4n) is 3.35. The van der Waals surface area contributed by atoms with E-state index in [4.69, 9.17) is 0 Å². The van der Waals surface area contributed by atoms with Gasteiger partial charge in [-0.3, -0.25) is 4.98 Å². The first-order valence-electron chi connectivity index (χ1n) is 9.56. The number of imidazole rings is 1. The third-order valence-electron chi connectivity index (χ3n) is 5.02. The standard InChI is InChI=1S/C21H25N5O/c1-3-17(20-23-18-9-6-14(2)11-19(18)24-20)25-21(27)26(16-7-8-16)13-15-5-4-10-22-12-15/h4-6,9-12,16-17H,3,7-8,13H2,1-2H3,(H,23,24)(H,25,27). The van der Waals surface area contributed by atoms with E-state index in [9.17, 15) is 4.79 Å². The van der Waals surface area contributed by atoms with E-state index in [1.807, 2.05) is 29.3 Å². The highest BCUT2D eigenvalue weighted by Crippen LogP contribution is 2.29. The molecule has 2 amide bonds. The number of aromatic amines is 1. The molecule has 27 heavy (non-hydrogen) atoms. The molecule has 0 saturated heterocycles. The fourth-order valence-corrected chi connectivity index (χ4v) is 3.35. The van der Waals surface area contributed by atoms with Crippen LogP contribution < -0.4 is 5.32 Å². The Morgan fingerprint density at radius 3 is 2.93 bits per heavy atom. The van der Waals surface area contributed by atoms with E-state index in [1.165, 1.54) is 5.56 Å². The number of H-pyrrole nitrogens is 1. The van der Waals surface area contributed by atoms with Gasteiger partial charge < -0.3 is 15.2 Å². The lowest BCUT2D eigenvalue weighted by Gasteiger charge is -2.25. The summed E-state index contributed by atoms with van der Waals surface area (Å²) in [7, 11) is 0. The minimum absolute atomic E-state index is 0.0372. The zero-order valence-electron chi connectivity index (χ0n) is 15.8. The van der Waals surface area contributed by atoms with Gasteiger partial charge in [-0.25, -0.2) is 9.78 Å². The molecule has 1 fully saturated rings. The molecule has 0 spiro atoms. The first-order valence-corrected chi connectivity index (χ1v) is 9.56. The monoisotopic (exact) mass is 363 g/mol. The number of hydrogen-bond donors (Lipinski definition) is 2. The van der Waals surface area contributed by atoms with Crippen LogP contribution in [0.25, 0.3) is 11.0 Å². The molecule has 140 valence electrons. The van der Waals surface area contributed by atoms with Crippen LogP contribution in [0.15, 0.2) is 42.7 Å². The molecule has 2 heterocycles. The number of nitrogens with one attached hydrogen (secondary N) is 2. The molecule has 3 aromatic rings. The predicted octanol–water partition coefficient (Wildman–Crippen LogP) is 4.09. The lowest BCUT2D eigenvalue weighted by molar-refractivity contribution is 0.187. The Labute approximate surface area is 159 Å². The van der Waals surface area contributed by atoms with E-state index in [0.29, 0.717) is 12.6 Å². The third-order valence-corrected chi connectivity index (χ3v) is 5.02. The van der Waals surface area contributed by atoms with Gasteiger partial charge in [-0.05, 0) is 55.5 Å². The van der Waals surface area contributed by atoms with E-state index in [1.54, 1.807) is 6.20 Å². The maximum absolute atomic E-state index is 13.0. The second kappa shape index (κ2) is 7.39. The Balaban J connectivity index is 1.51. The predicted molar refractivity (Wildman–Crippen MR) is 105 cm³/mol. The topological polar surface area (TPSA) is 73.9 Å². The van der Waals surface area contributed by atoms with Gasteiger partial charge in [0.25, 0.3) is 0 Å². The van der Waals surface area contributed by atoms with Crippen molar-refractivity contribution in [1.82, 2.24) is 25.2 Å². The summed E-state index contributed by atoms with van der Waals surface area (Å²) in [4.78, 5) is 27.1. The third kappa shape index (κ3) is 3.94. The second-order valence-corrected chi connectivity index (χ2v) is 7.27. The van der Waals surface area contributed by atoms with Crippen molar-refractivity contribution in [3.05, 3.63) is 59.7 Å². The number of pyridine rings is 1. The summed E-state index contributed by atoms with van der Waals surface area (Å²) < 4.78 is 0. The van der Waals surface area contributed by atoms with Gasteiger partial charge in [0.2, 0.25) is 0 Å². The number of carbonyl (C=O) groups excluding carboxylic acids is 1. The van der Waals surface area contributed by atoms with Crippen LogP contribution in [0, 0.1) is 6.92 Å². The fraction of sp³-hybridized carbons (Fsp3) is 0.381. The van der Waals surface area contributed by atoms with Crippen LogP contribution in [-0.4, -0.2) is 31.9 Å². The number of hydrogen-bond acceptors (Lipinski definition) is 3. The van der Waals surface area contributed by atoms with Crippen LogP contribution in [0.3, 0.4) is 0 Å². The van der Waals surface area contributed by atoms with E-state index in [-0.39, 0.29) is 12.1 Å². The Morgan fingerprint density at radius 2 is 2.22 bits per heavy atom. The van der Waals surface area contributed by atoms with Crippen LogP contribution in [0.5, 0.6) is 0 Å². The van der Waals surface area contributed by atoms with E-state index in [0.717, 1.165) is 41.7 Å². The van der Waals surface area contributed by atoms with Crippen molar-refractivity contribution in [2.45, 2.75) is 51.7 Å². The van der Waals surface area contributed by atoms with Crippen LogP contribution >= 0.6 is 0 Å². The molecule has 0 radical (unpaired) electrons. The van der Waals surface area contributed by atoms with Crippen molar-refractivity contribution in [3.8, 4) is 0 Å². The van der Waals surface area contributed by atoms with Crippen molar-refractivity contribution < 1.29 is 4.79 Å². The lowest BCUT2D eigenvalue weighted by atomic mass is 10.2. The molecule has 1 aromatic carbocycles. The van der Waals surface area contributed by atoms with E-state index < -0.39 is 0 Å². The Hall–Kier alpha value is -2.89. The molecule has 2 N–H and O–H groups in total. The maximum Gasteiger partial charge on any atom is 0.318 e. The quantitative estimate of drug-likeness (QED) is 0.693. The number of amides is 2. The summed E-state index contributed by atoms with van der Waals surface area (Å²) in [6.07, 6.45) is 6.47. The van der Waals surface area contributed by atoms with Crippen LogP contribution in [0.4, 0.5) is 4.79 Å². The van der Waals surface area contributed by atoms with Gasteiger partial charge in [0.1, 0.15) is 5.82 Å². The minimum Gasteiger partial charge on any atom is -0.340 e. The van der Waals surface area contributed by atoms with Crippen LogP contribution in [0.1, 0.15) is 49.2 Å². The average molecular weight is 363 g/mol. The van der Waals surface area contributed by atoms with Crippen molar-refractivity contribution in [3.63, 3.8) is 0 Å². The number of benzene rings is 1. The minimum atomic E-state index is -0.139. The largest absolute Gasteiger partial charge is 0.340 e. The molecule has 0 aliphatic heterocycles. The Bertz CT molecular complexity index is 932. The molecular formula is C21H25N5O. The van der Waals surface area contributed by atoms with Crippen molar-refractivity contribution in [1.29, 1.82) is 0 Å². The van der Waals surface area contributed by atoms with E-state index in [2.05, 4.69) is 46.2 Å². The average Bonchev–Trinajstić information content (AvgIpc) is 3.43. The van der Waals surface area contributed by atoms with Gasteiger partial charge in [0, 0.05) is 25.0 Å². The van der Waals surface area contributed by atoms with Gasteiger partial charge in [0.15, 0.2) is 0 Å². The first-order chi connectivity index (χ1) is 13.1. The number of urea groups is 1. The summed E-state index contributed by atoms with van der Waals surface area (Å²) in [6, 6.07) is 10.2. The Kier molecular flexibility index (Phi) is 4.79. The van der Waals surface area contributed by atoms with Gasteiger partial charge in [-0.1, -0.05) is 19.1 Å². The van der Waals surface area contributed by atoms with E-state index >= 15 is 0 Å². The summed E-state index contributed by atoms with van der Waals surface area (Å²) in [5, 5.41) is 3.17. The maximum atomic E-state index is 13.0. The summed E-state index contributed by atoms with van der Waals surface area (Å²) >= 11 is 0. The molecular weight excluding hydrogens is 338 g/mol. The number of carbonyl (C=O) groups is 1. The number of nitrogens with zero attached hydrogens (tertiary/aromatic N) is 3. The second-order valence-electron chi connectivity index (χ2n) is 7.27. The van der Waals surface area contributed by atoms with Crippen molar-refractivity contribution in [2.24, 2.45) is 0 Å². The van der Waals surface area contributed by atoms with Gasteiger partial charge in [0.05, 0.1) is 17.1 Å². The summed E-state index contributed by atoms with van der Waals surface area (Å²) in [6.45, 7) is 4.71. The zero-order chi connectivity index (χ0) is 18.8. The molecule has 6 heteroatoms. The highest BCUT2D eigenvalue weighted by atomic mass is 16.2. The van der Waals surface area contributed by atoms with Crippen molar-refractivity contribution in [2.75, 3.05) is 0 Å². The molecule has 1 unspecified atom stereocenters. The van der Waals surface area contributed by atoms with Gasteiger partial charge in [-0.15, -0.1) is 0 Å². The molecule has 6 nitrogen and oxygen atoms in total. The van der Waals surface area contributed by atoms with Crippen molar-refractivity contribution >= 4 is 17.1 Å². The zero-order valence-corrected chi connectivity index (χ0v) is 15.8. The molecule has 2 aromatic heterocycles. The molecule has 4 rings (SSSR count). The number of rotatable bonds is 6. The summed E-state index contributed by atoms with van der Waals surface area (Å²) in [5.41, 5.74) is 4.17. The number of aromatic nitrogens is 3. The molecule has 1 saturated carbocycles. The highest BCUT2D eigenvalue weighted by Gasteiger charge is 2.33. The number of aryl methyl sites for hydroxylation is 1. The van der Waals surface area contributed by atoms with Crippen LogP contribution in [0.2, 0.25) is 0 Å². The Morgan fingerprint density at radius 1 is 1.37 bits per heavy atom. The first kappa shape index (κ1) is 17.5. The molecule has 1 atom stereocenters. The highest BCUT2D eigenvalue weighted by molar-refractivity contribution is 5.77. The number of fused-ring (bicyclic) bond motifs is 1. The van der Waals surface area contributed by atoms with Gasteiger partial charge >= 0.3 is 6.03 Å².